The van der Waals surface area contributed by atoms with Crippen LogP contribution in [0.4, 0.5) is 5.69 Å². The van der Waals surface area contributed by atoms with Crippen molar-refractivity contribution >= 4 is 44.9 Å². The number of benzene rings is 2. The number of thioether (sulfide) groups is 1. The zero-order valence-corrected chi connectivity index (χ0v) is 18.6. The van der Waals surface area contributed by atoms with Crippen molar-refractivity contribution in [2.24, 2.45) is 0 Å². The molecule has 0 atom stereocenters. The molecule has 4 rings (SSSR count). The van der Waals surface area contributed by atoms with Gasteiger partial charge in [-0.1, -0.05) is 65.9 Å². The van der Waals surface area contributed by atoms with Gasteiger partial charge in [-0.15, -0.1) is 17.9 Å². The van der Waals surface area contributed by atoms with Crippen LogP contribution in [-0.4, -0.2) is 21.2 Å². The Balaban J connectivity index is 1.62. The first-order valence-electron chi connectivity index (χ1n) is 9.74. The van der Waals surface area contributed by atoms with E-state index in [0.717, 1.165) is 22.4 Å². The van der Waals surface area contributed by atoms with Crippen molar-refractivity contribution < 1.29 is 4.79 Å². The zero-order valence-electron chi connectivity index (χ0n) is 17.0. The van der Waals surface area contributed by atoms with E-state index in [1.807, 2.05) is 66.9 Å². The number of nitrogens with zero attached hydrogens (tertiary/aromatic N) is 2. The average Bonchev–Trinajstić information content (AvgIpc) is 3.21. The summed E-state index contributed by atoms with van der Waals surface area (Å²) >= 11 is 2.69. The van der Waals surface area contributed by atoms with E-state index >= 15 is 0 Å². The third-order valence-corrected chi connectivity index (χ3v) is 6.57. The van der Waals surface area contributed by atoms with E-state index in [4.69, 9.17) is 4.98 Å². The molecule has 2 heterocycles. The monoisotopic (exact) mass is 447 g/mol. The summed E-state index contributed by atoms with van der Waals surface area (Å²) in [6.07, 6.45) is 1.67. The van der Waals surface area contributed by atoms with Gasteiger partial charge in [0.05, 0.1) is 11.1 Å². The average molecular weight is 448 g/mol. The van der Waals surface area contributed by atoms with Crippen molar-refractivity contribution in [2.75, 3.05) is 11.1 Å². The van der Waals surface area contributed by atoms with Gasteiger partial charge >= 0.3 is 0 Å². The number of amides is 1. The van der Waals surface area contributed by atoms with E-state index in [2.05, 4.69) is 11.9 Å². The molecular weight excluding hydrogens is 426 g/mol. The number of aromatic nitrogens is 2. The van der Waals surface area contributed by atoms with E-state index in [-0.39, 0.29) is 17.2 Å². The quantitative estimate of drug-likeness (QED) is 0.236. The molecule has 1 N–H and O–H groups in total. The lowest BCUT2D eigenvalue weighted by Crippen LogP contribution is -2.23. The maximum Gasteiger partial charge on any atom is 0.263 e. The van der Waals surface area contributed by atoms with Crippen LogP contribution in [0.2, 0.25) is 0 Å². The Bertz CT molecular complexity index is 1290. The second kappa shape index (κ2) is 9.32. The number of carbonyl (C=O) groups is 1. The smallest absolute Gasteiger partial charge is 0.263 e. The van der Waals surface area contributed by atoms with Crippen molar-refractivity contribution in [3.63, 3.8) is 0 Å². The van der Waals surface area contributed by atoms with Gasteiger partial charge in [0.25, 0.3) is 5.56 Å². The number of hydrogen-bond acceptors (Lipinski definition) is 5. The number of thiophene rings is 1. The molecule has 7 heteroatoms. The van der Waals surface area contributed by atoms with Gasteiger partial charge in [0.2, 0.25) is 5.91 Å². The summed E-state index contributed by atoms with van der Waals surface area (Å²) in [6, 6.07) is 17.4. The number of fused-ring (bicyclic) bond motifs is 1. The Hall–Kier alpha value is -3.16. The minimum Gasteiger partial charge on any atom is -0.325 e. The van der Waals surface area contributed by atoms with E-state index in [1.165, 1.54) is 23.1 Å². The first kappa shape index (κ1) is 21.1. The minimum absolute atomic E-state index is 0.119. The van der Waals surface area contributed by atoms with Gasteiger partial charge in [-0.05, 0) is 24.6 Å². The summed E-state index contributed by atoms with van der Waals surface area (Å²) < 4.78 is 1.58. The largest absolute Gasteiger partial charge is 0.325 e. The predicted molar refractivity (Wildman–Crippen MR) is 130 cm³/mol. The number of aryl methyl sites for hydroxylation is 1. The maximum absolute atomic E-state index is 13.3. The lowest BCUT2D eigenvalue weighted by molar-refractivity contribution is -0.113. The van der Waals surface area contributed by atoms with Crippen LogP contribution in [0, 0.1) is 6.92 Å². The summed E-state index contributed by atoms with van der Waals surface area (Å²) in [5.41, 5.74) is 3.62. The van der Waals surface area contributed by atoms with Gasteiger partial charge in [-0.2, -0.15) is 0 Å². The molecule has 4 aromatic rings. The molecule has 0 saturated heterocycles. The molecular formula is C24H21N3O2S2. The highest BCUT2D eigenvalue weighted by Gasteiger charge is 2.17. The second-order valence-corrected chi connectivity index (χ2v) is 8.80. The Morgan fingerprint density at radius 1 is 1.19 bits per heavy atom. The predicted octanol–water partition coefficient (Wildman–Crippen LogP) is 5.35. The molecule has 1 amide bonds. The van der Waals surface area contributed by atoms with Crippen LogP contribution in [0.3, 0.4) is 0 Å². The Labute approximate surface area is 188 Å². The zero-order chi connectivity index (χ0) is 21.8. The molecule has 0 bridgehead atoms. The molecule has 0 spiro atoms. The Morgan fingerprint density at radius 3 is 2.65 bits per heavy atom. The molecule has 0 fully saturated rings. The van der Waals surface area contributed by atoms with Gasteiger partial charge < -0.3 is 5.32 Å². The van der Waals surface area contributed by atoms with Crippen LogP contribution in [0.1, 0.15) is 5.56 Å². The highest BCUT2D eigenvalue weighted by Crippen LogP contribution is 2.32. The van der Waals surface area contributed by atoms with Crippen LogP contribution in [0.15, 0.2) is 82.6 Å². The Kier molecular flexibility index (Phi) is 6.34. The summed E-state index contributed by atoms with van der Waals surface area (Å²) in [5, 5.41) is 5.95. The topological polar surface area (TPSA) is 64.0 Å². The van der Waals surface area contributed by atoms with Crippen molar-refractivity contribution in [3.05, 3.63) is 88.5 Å². The molecule has 0 aliphatic rings. The molecule has 2 aromatic carbocycles. The minimum atomic E-state index is -0.149. The van der Waals surface area contributed by atoms with E-state index in [0.29, 0.717) is 21.9 Å². The van der Waals surface area contributed by atoms with Gasteiger partial charge in [0.1, 0.15) is 4.83 Å². The standard InChI is InChI=1S/C24H21N3O2S2/c1-3-13-27-23(29)21-19(17-7-5-4-6-8-17)14-30-22(21)26-24(27)31-15-20(28)25-18-11-9-16(2)10-12-18/h3-12,14H,1,13,15H2,2H3,(H,25,28). The fraction of sp³-hybridized carbons (Fsp3) is 0.125. The van der Waals surface area contributed by atoms with Crippen LogP contribution in [0.5, 0.6) is 0 Å². The number of nitrogens with one attached hydrogen (secondary N) is 1. The summed E-state index contributed by atoms with van der Waals surface area (Å²) in [7, 11) is 0. The van der Waals surface area contributed by atoms with Gasteiger partial charge in [-0.3, -0.25) is 14.2 Å². The molecule has 156 valence electrons. The molecule has 2 aromatic heterocycles. The molecule has 0 radical (unpaired) electrons. The third kappa shape index (κ3) is 4.62. The van der Waals surface area contributed by atoms with Crippen LogP contribution in [-0.2, 0) is 11.3 Å². The van der Waals surface area contributed by atoms with Crippen LogP contribution >= 0.6 is 23.1 Å². The third-order valence-electron chi connectivity index (χ3n) is 4.72. The highest BCUT2D eigenvalue weighted by atomic mass is 32.2. The normalized spacial score (nSPS) is 10.9. The number of carbonyl (C=O) groups excluding carboxylic acids is 1. The lowest BCUT2D eigenvalue weighted by atomic mass is 10.1. The number of hydrogen-bond donors (Lipinski definition) is 1. The van der Waals surface area contributed by atoms with Crippen molar-refractivity contribution in [3.8, 4) is 11.1 Å². The lowest BCUT2D eigenvalue weighted by Gasteiger charge is -2.11. The summed E-state index contributed by atoms with van der Waals surface area (Å²) in [5.74, 6) is 0.00406. The number of allylic oxidation sites excluding steroid dienone is 1. The molecule has 0 aliphatic heterocycles. The van der Waals surface area contributed by atoms with Gasteiger partial charge in [0.15, 0.2) is 5.16 Å². The maximum atomic E-state index is 13.3. The van der Waals surface area contributed by atoms with Crippen molar-refractivity contribution in [1.82, 2.24) is 9.55 Å². The molecule has 0 saturated carbocycles. The first-order chi connectivity index (χ1) is 15.1. The van der Waals surface area contributed by atoms with Crippen LogP contribution < -0.4 is 10.9 Å². The fourth-order valence-electron chi connectivity index (χ4n) is 3.20. The van der Waals surface area contributed by atoms with E-state index in [1.54, 1.807) is 10.6 Å². The van der Waals surface area contributed by atoms with Gasteiger partial charge in [-0.25, -0.2) is 4.98 Å². The van der Waals surface area contributed by atoms with Crippen LogP contribution in [0.25, 0.3) is 21.3 Å². The fourth-order valence-corrected chi connectivity index (χ4v) is 5.00. The van der Waals surface area contributed by atoms with Crippen molar-refractivity contribution in [1.29, 1.82) is 0 Å². The number of anilines is 1. The first-order valence-corrected chi connectivity index (χ1v) is 11.6. The summed E-state index contributed by atoms with van der Waals surface area (Å²) in [6.45, 7) is 6.09. The highest BCUT2D eigenvalue weighted by molar-refractivity contribution is 7.99. The SMILES string of the molecule is C=CCn1c(SCC(=O)Nc2ccc(C)cc2)nc2scc(-c3ccccc3)c2c1=O. The van der Waals surface area contributed by atoms with Crippen molar-refractivity contribution in [2.45, 2.75) is 18.6 Å². The second-order valence-electron chi connectivity index (χ2n) is 7.00. The molecule has 0 aliphatic carbocycles. The van der Waals surface area contributed by atoms with E-state index in [9.17, 15) is 9.59 Å². The molecule has 5 nitrogen and oxygen atoms in total. The van der Waals surface area contributed by atoms with E-state index < -0.39 is 0 Å². The Morgan fingerprint density at radius 2 is 1.94 bits per heavy atom. The van der Waals surface area contributed by atoms with Gasteiger partial charge in [0, 0.05) is 23.2 Å². The summed E-state index contributed by atoms with van der Waals surface area (Å²) in [4.78, 5) is 31.1. The number of rotatable bonds is 7. The molecule has 31 heavy (non-hydrogen) atoms. The molecule has 0 unspecified atom stereocenters.